The third-order valence-electron chi connectivity index (χ3n) is 7.26. The van der Waals surface area contributed by atoms with Crippen LogP contribution in [0.2, 0.25) is 0 Å². The molecule has 2 aliphatic rings. The van der Waals surface area contributed by atoms with E-state index in [1.807, 2.05) is 17.0 Å². The average molecular weight is 521 g/mol. The van der Waals surface area contributed by atoms with Crippen molar-refractivity contribution in [1.82, 2.24) is 9.80 Å². The Labute approximate surface area is 221 Å². The van der Waals surface area contributed by atoms with Crippen LogP contribution in [-0.4, -0.2) is 47.9 Å². The molecule has 0 N–H and O–H groups in total. The molecule has 3 aromatic rings. The molecule has 0 radical (unpaired) electrons. The van der Waals surface area contributed by atoms with Crippen LogP contribution >= 0.6 is 11.3 Å². The highest BCUT2D eigenvalue weighted by Gasteiger charge is 2.35. The van der Waals surface area contributed by atoms with E-state index in [9.17, 15) is 14.0 Å². The van der Waals surface area contributed by atoms with E-state index in [1.165, 1.54) is 27.5 Å². The molecule has 0 unspecified atom stereocenters. The van der Waals surface area contributed by atoms with Gasteiger partial charge in [0, 0.05) is 18.0 Å². The van der Waals surface area contributed by atoms with Crippen LogP contribution in [0.4, 0.5) is 4.39 Å². The van der Waals surface area contributed by atoms with Crippen molar-refractivity contribution in [2.45, 2.75) is 45.1 Å². The van der Waals surface area contributed by atoms with E-state index in [0.29, 0.717) is 31.5 Å². The minimum atomic E-state index is -0.559. The van der Waals surface area contributed by atoms with Crippen molar-refractivity contribution >= 4 is 23.2 Å². The number of nitrogens with zero attached hydrogens (tertiary/aromatic N) is 2. The fourth-order valence-electron chi connectivity index (χ4n) is 4.89. The smallest absolute Gasteiger partial charge is 0.257 e. The highest BCUT2D eigenvalue weighted by Crippen LogP contribution is 2.35. The van der Waals surface area contributed by atoms with Crippen molar-refractivity contribution in [1.29, 1.82) is 0 Å². The van der Waals surface area contributed by atoms with E-state index < -0.39 is 11.7 Å². The van der Waals surface area contributed by atoms with Gasteiger partial charge in [0.25, 0.3) is 5.91 Å². The fourth-order valence-corrected chi connectivity index (χ4v) is 5.82. The van der Waals surface area contributed by atoms with Gasteiger partial charge in [0.05, 0.1) is 11.6 Å². The summed E-state index contributed by atoms with van der Waals surface area (Å²) in [5.41, 5.74) is 2.37. The van der Waals surface area contributed by atoms with Gasteiger partial charge in [0.1, 0.15) is 24.7 Å². The minimum Gasteiger partial charge on any atom is -0.491 e. The lowest BCUT2D eigenvalue weighted by Crippen LogP contribution is -2.48. The van der Waals surface area contributed by atoms with Gasteiger partial charge >= 0.3 is 0 Å². The first-order chi connectivity index (χ1) is 17.9. The molecule has 0 saturated heterocycles. The van der Waals surface area contributed by atoms with Crippen molar-refractivity contribution < 1.29 is 18.7 Å². The molecule has 2 amide bonds. The molecule has 1 fully saturated rings. The zero-order chi connectivity index (χ0) is 25.9. The van der Waals surface area contributed by atoms with Gasteiger partial charge in [0.2, 0.25) is 5.91 Å². The van der Waals surface area contributed by atoms with Crippen molar-refractivity contribution in [2.24, 2.45) is 5.92 Å². The van der Waals surface area contributed by atoms with E-state index in [0.717, 1.165) is 30.6 Å². The number of halogens is 1. The van der Waals surface area contributed by atoms with E-state index in [-0.39, 0.29) is 24.1 Å². The van der Waals surface area contributed by atoms with Gasteiger partial charge in [-0.15, -0.1) is 11.3 Å². The van der Waals surface area contributed by atoms with Gasteiger partial charge in [-0.1, -0.05) is 38.1 Å². The second-order valence-corrected chi connectivity index (χ2v) is 11.3. The number of fused-ring (bicyclic) bond motifs is 1. The van der Waals surface area contributed by atoms with E-state index in [4.69, 9.17) is 4.74 Å². The SMILES string of the molecule is CC(C)c1ccc(OC[C@@H]2c3ccsc3CCN2C(=O)CN(CC2CC2)C(=O)c2ccccc2F)cc1. The first-order valence-electron chi connectivity index (χ1n) is 13.0. The summed E-state index contributed by atoms with van der Waals surface area (Å²) < 4.78 is 20.6. The molecule has 5 rings (SSSR count). The average Bonchev–Trinajstić information content (AvgIpc) is 3.59. The van der Waals surface area contributed by atoms with Crippen LogP contribution in [0.5, 0.6) is 5.75 Å². The normalized spacial score (nSPS) is 17.0. The number of ether oxygens (including phenoxy) is 1. The maximum absolute atomic E-state index is 14.4. The van der Waals surface area contributed by atoms with Gasteiger partial charge in [-0.2, -0.15) is 0 Å². The number of benzene rings is 2. The zero-order valence-corrected chi connectivity index (χ0v) is 22.2. The second kappa shape index (κ2) is 11.1. The molecule has 0 spiro atoms. The molecule has 0 bridgehead atoms. The predicted molar refractivity (Wildman–Crippen MR) is 144 cm³/mol. The van der Waals surface area contributed by atoms with E-state index in [2.05, 4.69) is 37.4 Å². The summed E-state index contributed by atoms with van der Waals surface area (Å²) in [6, 6.07) is 15.9. The quantitative estimate of drug-likeness (QED) is 0.344. The van der Waals surface area contributed by atoms with Crippen LogP contribution in [-0.2, 0) is 11.2 Å². The van der Waals surface area contributed by atoms with Gasteiger partial charge in [0.15, 0.2) is 0 Å². The molecule has 194 valence electrons. The number of hydrogen-bond acceptors (Lipinski definition) is 4. The number of carbonyl (C=O) groups is 2. The van der Waals surface area contributed by atoms with Crippen LogP contribution in [0, 0.1) is 11.7 Å². The molecule has 1 aromatic heterocycles. The summed E-state index contributed by atoms with van der Waals surface area (Å²) in [6.07, 6.45) is 2.84. The largest absolute Gasteiger partial charge is 0.491 e. The number of hydrogen-bond donors (Lipinski definition) is 0. The maximum Gasteiger partial charge on any atom is 0.257 e. The molecular formula is C30H33FN2O3S. The Morgan fingerprint density at radius 3 is 2.57 bits per heavy atom. The third kappa shape index (κ3) is 5.87. The van der Waals surface area contributed by atoms with Gasteiger partial charge < -0.3 is 14.5 Å². The summed E-state index contributed by atoms with van der Waals surface area (Å²) >= 11 is 1.70. The van der Waals surface area contributed by atoms with Crippen molar-refractivity contribution in [2.75, 3.05) is 26.2 Å². The van der Waals surface area contributed by atoms with Crippen LogP contribution in [0.25, 0.3) is 0 Å². The molecule has 2 heterocycles. The molecule has 1 aliphatic heterocycles. The Morgan fingerprint density at radius 2 is 1.86 bits per heavy atom. The van der Waals surface area contributed by atoms with Crippen LogP contribution in [0.3, 0.4) is 0 Å². The Morgan fingerprint density at radius 1 is 1.11 bits per heavy atom. The highest BCUT2D eigenvalue weighted by molar-refractivity contribution is 7.10. The van der Waals surface area contributed by atoms with Crippen LogP contribution in [0.1, 0.15) is 65.0 Å². The molecule has 1 saturated carbocycles. The van der Waals surface area contributed by atoms with Gasteiger partial charge in [-0.05, 0) is 77.9 Å². The highest BCUT2D eigenvalue weighted by atomic mass is 32.1. The first-order valence-corrected chi connectivity index (χ1v) is 13.9. The topological polar surface area (TPSA) is 49.9 Å². The summed E-state index contributed by atoms with van der Waals surface area (Å²) in [5, 5.41) is 2.06. The molecule has 7 heteroatoms. The van der Waals surface area contributed by atoms with Crippen LogP contribution < -0.4 is 4.74 Å². The van der Waals surface area contributed by atoms with E-state index in [1.54, 1.807) is 23.5 Å². The molecule has 2 aromatic carbocycles. The number of rotatable bonds is 9. The summed E-state index contributed by atoms with van der Waals surface area (Å²) in [5.74, 6) is 0.469. The third-order valence-corrected chi connectivity index (χ3v) is 8.26. The summed E-state index contributed by atoms with van der Waals surface area (Å²) in [7, 11) is 0. The standard InChI is InChI=1S/C30H33FN2O3S/c1-20(2)22-9-11-23(12-10-22)36-19-27-25-14-16-37-28(25)13-15-33(27)29(34)18-32(17-21-7-8-21)30(35)24-5-3-4-6-26(24)31/h3-6,9-12,14,16,20-21,27H,7-8,13,15,17-19H2,1-2H3/t27-/m1/s1. The first kappa shape index (κ1) is 25.5. The van der Waals surface area contributed by atoms with Crippen molar-refractivity contribution in [3.05, 3.63) is 87.4 Å². The maximum atomic E-state index is 14.4. The fraction of sp³-hybridized carbons (Fsp3) is 0.400. The lowest BCUT2D eigenvalue weighted by Gasteiger charge is -2.37. The second-order valence-electron chi connectivity index (χ2n) is 10.3. The number of carbonyl (C=O) groups excluding carboxylic acids is 2. The predicted octanol–water partition coefficient (Wildman–Crippen LogP) is 6.07. The van der Waals surface area contributed by atoms with Crippen LogP contribution in [0.15, 0.2) is 60.0 Å². The number of thiophene rings is 1. The van der Waals surface area contributed by atoms with E-state index >= 15 is 0 Å². The Hall–Kier alpha value is -3.19. The Balaban J connectivity index is 1.33. The summed E-state index contributed by atoms with van der Waals surface area (Å²) in [6.45, 7) is 5.62. The zero-order valence-electron chi connectivity index (χ0n) is 21.4. The van der Waals surface area contributed by atoms with Crippen molar-refractivity contribution in [3.63, 3.8) is 0 Å². The molecule has 37 heavy (non-hydrogen) atoms. The lowest BCUT2D eigenvalue weighted by molar-refractivity contribution is -0.135. The van der Waals surface area contributed by atoms with Crippen molar-refractivity contribution in [3.8, 4) is 5.75 Å². The Bertz CT molecular complexity index is 1250. The van der Waals surface area contributed by atoms with Gasteiger partial charge in [-0.3, -0.25) is 9.59 Å². The molecular weight excluding hydrogens is 487 g/mol. The monoisotopic (exact) mass is 520 g/mol. The molecule has 1 atom stereocenters. The lowest BCUT2D eigenvalue weighted by atomic mass is 10.00. The number of amides is 2. The minimum absolute atomic E-state index is 0.0134. The summed E-state index contributed by atoms with van der Waals surface area (Å²) in [4.78, 5) is 31.6. The Kier molecular flexibility index (Phi) is 7.60. The molecule has 5 nitrogen and oxygen atoms in total. The van der Waals surface area contributed by atoms with Gasteiger partial charge in [-0.25, -0.2) is 4.39 Å². The molecule has 1 aliphatic carbocycles.